The number of hydrogen-bond acceptors (Lipinski definition) is 3. The summed E-state index contributed by atoms with van der Waals surface area (Å²) in [6.45, 7) is 39.0. The summed E-state index contributed by atoms with van der Waals surface area (Å²) in [5.74, 6) is 4.69. The number of rotatable bonds is 20. The van der Waals surface area contributed by atoms with Crippen molar-refractivity contribution in [3.8, 4) is 0 Å². The van der Waals surface area contributed by atoms with Gasteiger partial charge in [0.2, 0.25) is 6.71 Å². The Hall–Kier alpha value is -4.54. The third-order valence-corrected chi connectivity index (χ3v) is 17.2. The molecular formula is C64H87BN2S. The van der Waals surface area contributed by atoms with Crippen LogP contribution in [0.15, 0.2) is 176 Å². The number of unbranched alkanes of at least 4 members (excludes halogenated alkanes) is 1. The zero-order valence-electron chi connectivity index (χ0n) is 44.1. The van der Waals surface area contributed by atoms with Crippen molar-refractivity contribution in [2.45, 2.75) is 151 Å². The normalized spacial score (nSPS) is 24.8. The molecule has 0 amide bonds. The number of allylic oxidation sites excluding steroid dienone is 17. The minimum absolute atomic E-state index is 0.00702. The summed E-state index contributed by atoms with van der Waals surface area (Å²) in [4.78, 5) is 0. The smallest absolute Gasteiger partial charge is 0.246 e. The lowest BCUT2D eigenvalue weighted by molar-refractivity contribution is 0.0343. The number of hydrogen-bond donors (Lipinski definition) is 2. The first-order valence-corrected chi connectivity index (χ1v) is 26.9. The van der Waals surface area contributed by atoms with Gasteiger partial charge >= 0.3 is 0 Å². The molecule has 6 rings (SSSR count). The number of fused-ring (bicyclic) bond motifs is 2. The van der Waals surface area contributed by atoms with Gasteiger partial charge in [0.15, 0.2) is 0 Å². The highest BCUT2D eigenvalue weighted by Gasteiger charge is 2.45. The van der Waals surface area contributed by atoms with Crippen LogP contribution in [0.5, 0.6) is 0 Å². The zero-order valence-corrected chi connectivity index (χ0v) is 45.0. The third kappa shape index (κ3) is 13.0. The van der Waals surface area contributed by atoms with Crippen LogP contribution in [0, 0.1) is 40.4 Å². The summed E-state index contributed by atoms with van der Waals surface area (Å²) in [5.41, 5.74) is 8.80. The Morgan fingerprint density at radius 2 is 1.50 bits per heavy atom. The van der Waals surface area contributed by atoms with Crippen LogP contribution >= 0.6 is 11.3 Å². The van der Waals surface area contributed by atoms with Gasteiger partial charge in [-0.05, 0) is 168 Å². The average molecular weight is 927 g/mol. The van der Waals surface area contributed by atoms with Crippen LogP contribution in [-0.2, 0) is 10.8 Å². The van der Waals surface area contributed by atoms with E-state index in [9.17, 15) is 0 Å². The van der Waals surface area contributed by atoms with Gasteiger partial charge in [-0.25, -0.2) is 0 Å². The first-order chi connectivity index (χ1) is 32.3. The highest BCUT2D eigenvalue weighted by molar-refractivity contribution is 7.30. The van der Waals surface area contributed by atoms with Gasteiger partial charge in [0.25, 0.3) is 0 Å². The standard InChI is InChI=1S/C64H87BN2S/c1-15-17-19-21-22-26-30-52-53(62(9,10)35-34-61(52,7)8)33-39-66-58(40-46(3)4)56(45-67-57-32-31-49(47(5)6)41-51(57)48-28-24-23-25-29-48)65(38-27-20-18-16-2)60-43-50-42-54-55(44-59(50)68-60)64(13,14)37-36-63(54,11)12/h15-17,19,21-28,30,32-33,38-39,41-45,47-49,52-53,58,66-67H,1-3,18,20,29,31,34-37,40H2,4-14H3/b19-17-,22-21+,30-26+,38-27+,39-33+,56-45-. The van der Waals surface area contributed by atoms with Crippen LogP contribution in [0.25, 0.3) is 10.1 Å². The van der Waals surface area contributed by atoms with Gasteiger partial charge in [0, 0.05) is 22.4 Å². The van der Waals surface area contributed by atoms with Gasteiger partial charge < -0.3 is 10.6 Å². The van der Waals surface area contributed by atoms with Gasteiger partial charge in [-0.3, -0.25) is 0 Å². The van der Waals surface area contributed by atoms with Crippen LogP contribution < -0.4 is 15.4 Å². The monoisotopic (exact) mass is 927 g/mol. The molecule has 1 fully saturated rings. The average Bonchev–Trinajstić information content (AvgIpc) is 3.72. The summed E-state index contributed by atoms with van der Waals surface area (Å²) in [5, 5.41) is 9.52. The fourth-order valence-electron chi connectivity index (χ4n) is 11.2. The van der Waals surface area contributed by atoms with E-state index in [1.54, 1.807) is 0 Å². The van der Waals surface area contributed by atoms with E-state index >= 15 is 0 Å². The topological polar surface area (TPSA) is 24.1 Å². The quantitative estimate of drug-likeness (QED) is 0.0598. The minimum Gasteiger partial charge on any atom is -0.385 e. The molecular weight excluding hydrogens is 840 g/mol. The fourth-order valence-corrected chi connectivity index (χ4v) is 12.4. The number of thiophene rings is 1. The van der Waals surface area contributed by atoms with Crippen molar-refractivity contribution in [3.05, 3.63) is 187 Å². The Bertz CT molecular complexity index is 2370. The van der Waals surface area contributed by atoms with Crippen LogP contribution in [-0.4, -0.2) is 12.8 Å². The molecule has 68 heavy (non-hydrogen) atoms. The lowest BCUT2D eigenvalue weighted by Gasteiger charge is -2.50. The lowest BCUT2D eigenvalue weighted by atomic mass is 9.41. The highest BCUT2D eigenvalue weighted by Crippen LogP contribution is 2.54. The molecule has 2 nitrogen and oxygen atoms in total. The van der Waals surface area contributed by atoms with Gasteiger partial charge in [0.05, 0.1) is 0 Å². The number of nitrogens with one attached hydrogen (secondary N) is 2. The van der Waals surface area contributed by atoms with E-state index in [0.717, 1.165) is 32.1 Å². The van der Waals surface area contributed by atoms with Crippen LogP contribution in [0.4, 0.5) is 0 Å². The first kappa shape index (κ1) is 52.8. The maximum absolute atomic E-state index is 4.56. The summed E-state index contributed by atoms with van der Waals surface area (Å²) in [6, 6.07) is 7.61. The van der Waals surface area contributed by atoms with E-state index in [2.05, 4.69) is 216 Å². The van der Waals surface area contributed by atoms with E-state index < -0.39 is 0 Å². The first-order valence-electron chi connectivity index (χ1n) is 26.1. The molecule has 0 saturated heterocycles. The van der Waals surface area contributed by atoms with E-state index in [0.29, 0.717) is 29.6 Å². The molecule has 0 aliphatic heterocycles. The van der Waals surface area contributed by atoms with Crippen molar-refractivity contribution < 1.29 is 0 Å². The van der Waals surface area contributed by atoms with Gasteiger partial charge in [0.1, 0.15) is 0 Å². The summed E-state index contributed by atoms with van der Waals surface area (Å²) < 4.78 is 2.76. The maximum atomic E-state index is 4.56. The highest BCUT2D eigenvalue weighted by atomic mass is 32.1. The lowest BCUT2D eigenvalue weighted by Crippen LogP contribution is -2.43. The summed E-state index contributed by atoms with van der Waals surface area (Å²) >= 11 is 1.98. The van der Waals surface area contributed by atoms with Gasteiger partial charge in [-0.15, -0.1) is 30.5 Å². The predicted molar refractivity (Wildman–Crippen MR) is 305 cm³/mol. The molecule has 2 aromatic rings. The van der Waals surface area contributed by atoms with Crippen molar-refractivity contribution in [1.82, 2.24) is 10.6 Å². The van der Waals surface area contributed by atoms with Crippen LogP contribution in [0.3, 0.4) is 0 Å². The van der Waals surface area contributed by atoms with Crippen molar-refractivity contribution in [1.29, 1.82) is 0 Å². The second-order valence-corrected chi connectivity index (χ2v) is 24.7. The number of benzene rings is 1. The molecule has 5 unspecified atom stereocenters. The molecule has 1 aromatic heterocycles. The molecule has 0 bridgehead atoms. The molecule has 5 atom stereocenters. The Morgan fingerprint density at radius 1 is 0.824 bits per heavy atom. The molecule has 2 N–H and O–H groups in total. The third-order valence-electron chi connectivity index (χ3n) is 16.0. The summed E-state index contributed by atoms with van der Waals surface area (Å²) in [7, 11) is 0. The molecule has 4 heteroatoms. The maximum Gasteiger partial charge on any atom is 0.246 e. The fraction of sp³-hybridized carbons (Fsp3) is 0.469. The van der Waals surface area contributed by atoms with Crippen molar-refractivity contribution >= 4 is 32.9 Å². The van der Waals surface area contributed by atoms with Crippen molar-refractivity contribution in [3.63, 3.8) is 0 Å². The molecule has 4 aliphatic carbocycles. The molecule has 1 heterocycles. The van der Waals surface area contributed by atoms with E-state index in [4.69, 9.17) is 0 Å². The Balaban J connectivity index is 1.49. The summed E-state index contributed by atoms with van der Waals surface area (Å²) in [6.07, 6.45) is 50.2. The molecule has 362 valence electrons. The molecule has 1 aromatic carbocycles. The van der Waals surface area contributed by atoms with E-state index in [-0.39, 0.29) is 34.4 Å². The molecule has 0 spiro atoms. The Labute approximate surface area is 419 Å². The van der Waals surface area contributed by atoms with Crippen LogP contribution in [0.1, 0.15) is 145 Å². The van der Waals surface area contributed by atoms with Crippen molar-refractivity contribution in [2.75, 3.05) is 0 Å². The molecule has 0 radical (unpaired) electrons. The van der Waals surface area contributed by atoms with Crippen molar-refractivity contribution in [2.24, 2.45) is 40.4 Å². The Kier molecular flexibility index (Phi) is 17.8. The zero-order chi connectivity index (χ0) is 49.3. The second kappa shape index (κ2) is 22.9. The van der Waals surface area contributed by atoms with Gasteiger partial charge in [-0.1, -0.05) is 184 Å². The van der Waals surface area contributed by atoms with Gasteiger partial charge in [-0.2, -0.15) is 0 Å². The minimum atomic E-state index is -0.00702. The SMILES string of the molecule is C=C\C=C/C=C/C=C/C1C(/C=C/NC(CC(=C)C)/C(=C/NC2=CCC(C(C)C)C=C2C2C=CC=CC2)B(/C=C/CCC=C)c2cc3cc4c(cc3s2)C(C)(C)CCC4(C)C)C(C)(C)CCC1(C)C. The molecule has 4 aliphatic rings. The van der Waals surface area contributed by atoms with E-state index in [1.807, 2.05) is 35.6 Å². The van der Waals surface area contributed by atoms with E-state index in [1.165, 1.54) is 74.0 Å². The predicted octanol–water partition coefficient (Wildman–Crippen LogP) is 17.0. The largest absolute Gasteiger partial charge is 0.385 e. The Morgan fingerprint density at radius 3 is 2.15 bits per heavy atom. The molecule has 1 saturated carbocycles. The second-order valence-electron chi connectivity index (χ2n) is 23.6. The van der Waals surface area contributed by atoms with Crippen LogP contribution in [0.2, 0.25) is 0 Å².